The average Bonchev–Trinajstić information content (AvgIpc) is 2.41. The zero-order chi connectivity index (χ0) is 8.74. The van der Waals surface area contributed by atoms with E-state index in [2.05, 4.69) is 17.6 Å². The Labute approximate surface area is 70.8 Å². The van der Waals surface area contributed by atoms with Crippen LogP contribution in [0.3, 0.4) is 0 Å². The molecule has 0 bridgehead atoms. The van der Waals surface area contributed by atoms with Gasteiger partial charge in [-0.05, 0) is 25.4 Å². The molecule has 0 aliphatic carbocycles. The summed E-state index contributed by atoms with van der Waals surface area (Å²) in [5.41, 5.74) is 0.523. The molecule has 2 heteroatoms. The molecule has 2 nitrogen and oxygen atoms in total. The summed E-state index contributed by atoms with van der Waals surface area (Å²) in [6.07, 6.45) is 1.31. The number of hydrogen-bond donors (Lipinski definition) is 2. The molecular formula is C9H22N2. The second-order valence-electron chi connectivity index (χ2n) is 3.27. The first-order valence-corrected chi connectivity index (χ1v) is 4.62. The summed E-state index contributed by atoms with van der Waals surface area (Å²) in [5.74, 6) is 0. The minimum absolute atomic E-state index is 0.523. The predicted octanol–water partition coefficient (Wildman–Crippen LogP) is 1.23. The van der Waals surface area contributed by atoms with Crippen molar-refractivity contribution in [3.63, 3.8) is 0 Å². The summed E-state index contributed by atoms with van der Waals surface area (Å²) in [6, 6.07) is 0. The Morgan fingerprint density at radius 3 is 2.45 bits per heavy atom. The molecule has 2 N–H and O–H groups in total. The Morgan fingerprint density at radius 2 is 2.09 bits per heavy atom. The minimum Gasteiger partial charge on any atom is -0.319 e. The number of nitrogens with one attached hydrogen (secondary N) is 2. The van der Waals surface area contributed by atoms with Crippen LogP contribution in [-0.2, 0) is 0 Å². The van der Waals surface area contributed by atoms with Crippen LogP contribution in [0.4, 0.5) is 0 Å². The Morgan fingerprint density at radius 1 is 1.45 bits per heavy atom. The van der Waals surface area contributed by atoms with E-state index in [0.717, 1.165) is 6.54 Å². The number of rotatable bonds is 2. The fourth-order valence-corrected chi connectivity index (χ4v) is 1.45. The number of hydrogen-bond acceptors (Lipinski definition) is 2. The molecule has 0 saturated carbocycles. The zero-order valence-electron chi connectivity index (χ0n) is 8.33. The van der Waals surface area contributed by atoms with E-state index in [9.17, 15) is 0 Å². The third-order valence-electron chi connectivity index (χ3n) is 2.06. The van der Waals surface area contributed by atoms with Gasteiger partial charge in [0.1, 0.15) is 0 Å². The van der Waals surface area contributed by atoms with Crippen LogP contribution >= 0.6 is 0 Å². The fraction of sp³-hybridized carbons (Fsp3) is 1.00. The van der Waals surface area contributed by atoms with Crippen molar-refractivity contribution in [2.45, 2.75) is 27.2 Å². The molecule has 1 aliphatic rings. The van der Waals surface area contributed by atoms with Crippen molar-refractivity contribution in [3.05, 3.63) is 0 Å². The third-order valence-corrected chi connectivity index (χ3v) is 2.06. The SMILES string of the molecule is CC.CNCC1(C)CCNC1. The van der Waals surface area contributed by atoms with Gasteiger partial charge in [-0.15, -0.1) is 0 Å². The topological polar surface area (TPSA) is 24.1 Å². The molecule has 0 aromatic rings. The molecule has 1 unspecified atom stereocenters. The van der Waals surface area contributed by atoms with Crippen molar-refractivity contribution >= 4 is 0 Å². The van der Waals surface area contributed by atoms with Crippen LogP contribution in [-0.4, -0.2) is 26.7 Å². The second kappa shape index (κ2) is 5.56. The normalized spacial score (nSPS) is 29.5. The van der Waals surface area contributed by atoms with E-state index in [1.165, 1.54) is 19.5 Å². The highest BCUT2D eigenvalue weighted by molar-refractivity contribution is 4.84. The largest absolute Gasteiger partial charge is 0.319 e. The van der Waals surface area contributed by atoms with E-state index in [-0.39, 0.29) is 0 Å². The molecule has 11 heavy (non-hydrogen) atoms. The van der Waals surface area contributed by atoms with E-state index in [4.69, 9.17) is 0 Å². The van der Waals surface area contributed by atoms with Crippen LogP contribution in [0.5, 0.6) is 0 Å². The van der Waals surface area contributed by atoms with Gasteiger partial charge in [0.2, 0.25) is 0 Å². The standard InChI is InChI=1S/C7H16N2.C2H6/c1-7(5-8-2)3-4-9-6-7;1-2/h8-9H,3-6H2,1-2H3;1-2H3. The summed E-state index contributed by atoms with van der Waals surface area (Å²) < 4.78 is 0. The van der Waals surface area contributed by atoms with E-state index >= 15 is 0 Å². The van der Waals surface area contributed by atoms with E-state index in [0.29, 0.717) is 5.41 Å². The van der Waals surface area contributed by atoms with Gasteiger partial charge in [-0.2, -0.15) is 0 Å². The van der Waals surface area contributed by atoms with Crippen LogP contribution in [0.15, 0.2) is 0 Å². The monoisotopic (exact) mass is 158 g/mol. The van der Waals surface area contributed by atoms with Crippen LogP contribution in [0.2, 0.25) is 0 Å². The van der Waals surface area contributed by atoms with Crippen molar-refractivity contribution in [1.29, 1.82) is 0 Å². The van der Waals surface area contributed by atoms with Gasteiger partial charge in [0.15, 0.2) is 0 Å². The minimum atomic E-state index is 0.523. The third kappa shape index (κ3) is 3.73. The van der Waals surface area contributed by atoms with Gasteiger partial charge in [-0.3, -0.25) is 0 Å². The summed E-state index contributed by atoms with van der Waals surface area (Å²) >= 11 is 0. The molecule has 1 aliphatic heterocycles. The highest BCUT2D eigenvalue weighted by Gasteiger charge is 2.26. The van der Waals surface area contributed by atoms with Gasteiger partial charge in [0.05, 0.1) is 0 Å². The molecule has 0 aromatic heterocycles. The van der Waals surface area contributed by atoms with Gasteiger partial charge in [0, 0.05) is 13.1 Å². The molecule has 1 rings (SSSR count). The maximum Gasteiger partial charge on any atom is 0.00178 e. The van der Waals surface area contributed by atoms with Gasteiger partial charge in [0.25, 0.3) is 0 Å². The molecule has 68 valence electrons. The molecular weight excluding hydrogens is 136 g/mol. The molecule has 0 aromatic carbocycles. The Balaban J connectivity index is 0.000000461. The van der Waals surface area contributed by atoms with E-state index in [1.807, 2.05) is 20.9 Å². The van der Waals surface area contributed by atoms with Crippen LogP contribution in [0, 0.1) is 5.41 Å². The second-order valence-corrected chi connectivity index (χ2v) is 3.27. The first-order valence-electron chi connectivity index (χ1n) is 4.62. The quantitative estimate of drug-likeness (QED) is 0.631. The maximum absolute atomic E-state index is 3.36. The summed E-state index contributed by atoms with van der Waals surface area (Å²) in [5, 5.41) is 6.57. The lowest BCUT2D eigenvalue weighted by Crippen LogP contribution is -2.31. The summed E-state index contributed by atoms with van der Waals surface area (Å²) in [7, 11) is 2.02. The lowest BCUT2D eigenvalue weighted by molar-refractivity contribution is 0.352. The van der Waals surface area contributed by atoms with Gasteiger partial charge in [-0.1, -0.05) is 20.8 Å². The molecule has 1 heterocycles. The molecule has 1 atom stereocenters. The summed E-state index contributed by atoms with van der Waals surface area (Å²) in [6.45, 7) is 9.83. The predicted molar refractivity (Wildman–Crippen MR) is 50.9 cm³/mol. The highest BCUT2D eigenvalue weighted by Crippen LogP contribution is 2.22. The fourth-order valence-electron chi connectivity index (χ4n) is 1.45. The Bertz CT molecular complexity index is 85.6. The lowest BCUT2D eigenvalue weighted by atomic mass is 9.90. The lowest BCUT2D eigenvalue weighted by Gasteiger charge is -2.21. The highest BCUT2D eigenvalue weighted by atomic mass is 14.9. The van der Waals surface area contributed by atoms with Crippen molar-refractivity contribution in [1.82, 2.24) is 10.6 Å². The molecule has 1 saturated heterocycles. The molecule has 0 radical (unpaired) electrons. The van der Waals surface area contributed by atoms with Crippen molar-refractivity contribution < 1.29 is 0 Å². The first-order chi connectivity index (χ1) is 5.27. The smallest absolute Gasteiger partial charge is 0.00178 e. The summed E-state index contributed by atoms with van der Waals surface area (Å²) in [4.78, 5) is 0. The van der Waals surface area contributed by atoms with E-state index < -0.39 is 0 Å². The first kappa shape index (κ1) is 10.9. The van der Waals surface area contributed by atoms with Gasteiger partial charge < -0.3 is 10.6 Å². The van der Waals surface area contributed by atoms with Crippen molar-refractivity contribution in [3.8, 4) is 0 Å². The van der Waals surface area contributed by atoms with Crippen LogP contribution in [0.1, 0.15) is 27.2 Å². The van der Waals surface area contributed by atoms with E-state index in [1.54, 1.807) is 0 Å². The van der Waals surface area contributed by atoms with Gasteiger partial charge in [-0.25, -0.2) is 0 Å². The molecule has 0 amide bonds. The molecule has 1 fully saturated rings. The van der Waals surface area contributed by atoms with Crippen LogP contribution in [0.25, 0.3) is 0 Å². The van der Waals surface area contributed by atoms with Crippen LogP contribution < -0.4 is 10.6 Å². The maximum atomic E-state index is 3.36. The van der Waals surface area contributed by atoms with Crippen molar-refractivity contribution in [2.24, 2.45) is 5.41 Å². The average molecular weight is 158 g/mol. The Hall–Kier alpha value is -0.0800. The van der Waals surface area contributed by atoms with Crippen molar-refractivity contribution in [2.75, 3.05) is 26.7 Å². The molecule has 0 spiro atoms. The van der Waals surface area contributed by atoms with Gasteiger partial charge >= 0.3 is 0 Å². The zero-order valence-corrected chi connectivity index (χ0v) is 8.33. The Kier molecular flexibility index (Phi) is 5.51.